The topological polar surface area (TPSA) is 93.2 Å². The number of amides is 3. The molecule has 0 saturated carbocycles. The molecule has 4 aromatic rings. The monoisotopic (exact) mass is 584 g/mol. The number of rotatable bonds is 5. The van der Waals surface area contributed by atoms with Crippen LogP contribution in [0.2, 0.25) is 0 Å². The highest BCUT2D eigenvalue weighted by molar-refractivity contribution is 6.23. The Bertz CT molecular complexity index is 1770. The van der Waals surface area contributed by atoms with Crippen molar-refractivity contribution in [2.24, 2.45) is 17.8 Å². The van der Waals surface area contributed by atoms with Crippen molar-refractivity contribution in [3.63, 3.8) is 0 Å². The van der Waals surface area contributed by atoms with Crippen LogP contribution in [0.3, 0.4) is 0 Å². The third kappa shape index (κ3) is 3.83. The van der Waals surface area contributed by atoms with E-state index >= 15 is 0 Å². The summed E-state index contributed by atoms with van der Waals surface area (Å²) in [5, 5.41) is 0. The Morgan fingerprint density at radius 2 is 1.20 bits per heavy atom. The van der Waals surface area contributed by atoms with E-state index < -0.39 is 23.7 Å². The van der Waals surface area contributed by atoms with E-state index in [2.05, 4.69) is 24.3 Å². The molecule has 3 aliphatic carbocycles. The van der Waals surface area contributed by atoms with Crippen molar-refractivity contribution in [2.45, 2.75) is 18.3 Å². The zero-order valence-electron chi connectivity index (χ0n) is 23.9. The second kappa shape index (κ2) is 9.91. The first-order valence-electron chi connectivity index (χ1n) is 14.8. The van der Waals surface area contributed by atoms with Crippen LogP contribution in [0.15, 0.2) is 97.1 Å². The molecule has 0 N–H and O–H groups in total. The molecule has 218 valence electrons. The number of esters is 1. The molecule has 0 radical (unpaired) electrons. The smallest absolute Gasteiger partial charge is 0.316 e. The highest BCUT2D eigenvalue weighted by Crippen LogP contribution is 2.61. The molecule has 2 bridgehead atoms. The molecule has 2 fully saturated rings. The average molecular weight is 585 g/mol. The number of imide groups is 1. The molecule has 3 atom stereocenters. The molecule has 5 aliphatic rings. The molecule has 2 heterocycles. The fourth-order valence-corrected chi connectivity index (χ4v) is 7.71. The Morgan fingerprint density at radius 1 is 0.682 bits per heavy atom. The van der Waals surface area contributed by atoms with E-state index in [0.29, 0.717) is 17.1 Å². The number of nitrogens with zero attached hydrogens (tertiary/aromatic N) is 2. The quantitative estimate of drug-likeness (QED) is 0.185. The first-order chi connectivity index (χ1) is 21.4. The van der Waals surface area contributed by atoms with Crippen LogP contribution in [-0.2, 0) is 19.2 Å². The van der Waals surface area contributed by atoms with Crippen molar-refractivity contribution in [2.75, 3.05) is 23.5 Å². The normalized spacial score (nSPS) is 24.7. The molecule has 4 aromatic carbocycles. The summed E-state index contributed by atoms with van der Waals surface area (Å²) in [6.45, 7) is 0.181. The van der Waals surface area contributed by atoms with Gasteiger partial charge in [0.1, 0.15) is 11.5 Å². The lowest BCUT2D eigenvalue weighted by Crippen LogP contribution is -2.41. The van der Waals surface area contributed by atoms with Crippen LogP contribution in [0, 0.1) is 17.8 Å². The zero-order chi connectivity index (χ0) is 30.1. The number of anilines is 2. The Hall–Kier alpha value is -5.24. The Labute approximate surface area is 253 Å². The minimum atomic E-state index is -0.664. The van der Waals surface area contributed by atoms with Gasteiger partial charge in [0.2, 0.25) is 17.7 Å². The van der Waals surface area contributed by atoms with E-state index in [1.54, 1.807) is 60.5 Å². The van der Waals surface area contributed by atoms with Crippen LogP contribution >= 0.6 is 0 Å². The molecule has 44 heavy (non-hydrogen) atoms. The maximum atomic E-state index is 14.1. The van der Waals surface area contributed by atoms with E-state index in [0.717, 1.165) is 22.3 Å². The summed E-state index contributed by atoms with van der Waals surface area (Å²) in [7, 11) is 1.55. The van der Waals surface area contributed by atoms with Gasteiger partial charge in [-0.2, -0.15) is 0 Å². The molecule has 8 heteroatoms. The van der Waals surface area contributed by atoms with E-state index in [-0.39, 0.29) is 48.3 Å². The fraction of sp³-hybridized carbons (Fsp3) is 0.222. The largest absolute Gasteiger partial charge is 0.497 e. The van der Waals surface area contributed by atoms with Gasteiger partial charge in [-0.05, 0) is 46.5 Å². The highest BCUT2D eigenvalue weighted by atomic mass is 16.5. The third-order valence-electron chi connectivity index (χ3n) is 9.57. The molecule has 8 nitrogen and oxygen atoms in total. The lowest BCUT2D eigenvalue weighted by Gasteiger charge is -2.45. The predicted octanol–water partition coefficient (Wildman–Crippen LogP) is 5.05. The van der Waals surface area contributed by atoms with E-state index in [1.165, 1.54) is 4.90 Å². The first-order valence-corrected chi connectivity index (χ1v) is 14.8. The van der Waals surface area contributed by atoms with Gasteiger partial charge in [-0.1, -0.05) is 60.7 Å². The van der Waals surface area contributed by atoms with Gasteiger partial charge in [0.25, 0.3) is 0 Å². The van der Waals surface area contributed by atoms with Gasteiger partial charge in [0.15, 0.2) is 0 Å². The Morgan fingerprint density at radius 3 is 1.77 bits per heavy atom. The lowest BCUT2D eigenvalue weighted by atomic mass is 9.55. The number of carbonyl (C=O) groups excluding carboxylic acids is 4. The zero-order valence-corrected chi connectivity index (χ0v) is 23.9. The van der Waals surface area contributed by atoms with Crippen LogP contribution in [0.5, 0.6) is 11.5 Å². The summed E-state index contributed by atoms with van der Waals surface area (Å²) in [5.41, 5.74) is 5.45. The van der Waals surface area contributed by atoms with E-state index in [4.69, 9.17) is 9.47 Å². The predicted molar refractivity (Wildman–Crippen MR) is 162 cm³/mol. The number of benzene rings is 4. The van der Waals surface area contributed by atoms with Crippen LogP contribution in [0.4, 0.5) is 11.4 Å². The molecular weight excluding hydrogens is 556 g/mol. The van der Waals surface area contributed by atoms with Crippen LogP contribution in [-0.4, -0.2) is 37.3 Å². The molecule has 0 unspecified atom stereocenters. The van der Waals surface area contributed by atoms with E-state index in [1.807, 2.05) is 24.3 Å². The Balaban J connectivity index is 1.05. The Kier molecular flexibility index (Phi) is 5.94. The van der Waals surface area contributed by atoms with Crippen molar-refractivity contribution in [1.29, 1.82) is 0 Å². The van der Waals surface area contributed by atoms with Gasteiger partial charge in [0, 0.05) is 42.6 Å². The average Bonchev–Trinajstić information content (AvgIpc) is 3.58. The number of hydrogen-bond acceptors (Lipinski definition) is 6. The molecule has 0 aromatic heterocycles. The van der Waals surface area contributed by atoms with Crippen molar-refractivity contribution < 1.29 is 28.7 Å². The third-order valence-corrected chi connectivity index (χ3v) is 9.57. The second-order valence-electron chi connectivity index (χ2n) is 11.8. The molecule has 2 saturated heterocycles. The lowest BCUT2D eigenvalue weighted by molar-refractivity contribution is -0.139. The fourth-order valence-electron chi connectivity index (χ4n) is 7.71. The van der Waals surface area contributed by atoms with Crippen molar-refractivity contribution >= 4 is 35.1 Å². The summed E-state index contributed by atoms with van der Waals surface area (Å²) in [5.74, 6) is -2.45. The molecule has 0 spiro atoms. The molecule has 2 aliphatic heterocycles. The summed E-state index contributed by atoms with van der Waals surface area (Å²) in [4.78, 5) is 57.0. The summed E-state index contributed by atoms with van der Waals surface area (Å²) in [6.07, 6.45) is 0.0199. The van der Waals surface area contributed by atoms with Crippen LogP contribution in [0.1, 0.15) is 40.5 Å². The summed E-state index contributed by atoms with van der Waals surface area (Å²) >= 11 is 0. The number of ether oxygens (including phenoxy) is 2. The number of hydrogen-bond donors (Lipinski definition) is 0. The number of carbonyl (C=O) groups is 4. The van der Waals surface area contributed by atoms with Crippen LogP contribution < -0.4 is 19.3 Å². The van der Waals surface area contributed by atoms with Crippen LogP contribution in [0.25, 0.3) is 0 Å². The van der Waals surface area contributed by atoms with Crippen molar-refractivity contribution in [3.8, 4) is 11.5 Å². The second-order valence-corrected chi connectivity index (χ2v) is 11.8. The van der Waals surface area contributed by atoms with Gasteiger partial charge in [0.05, 0.1) is 30.6 Å². The highest BCUT2D eigenvalue weighted by Gasteiger charge is 2.61. The summed E-state index contributed by atoms with van der Waals surface area (Å²) in [6, 6.07) is 29.9. The minimum Gasteiger partial charge on any atom is -0.497 e. The molecule has 9 rings (SSSR count). The van der Waals surface area contributed by atoms with Gasteiger partial charge >= 0.3 is 5.97 Å². The van der Waals surface area contributed by atoms with E-state index in [9.17, 15) is 19.2 Å². The minimum absolute atomic E-state index is 0.0199. The molecule has 3 amide bonds. The van der Waals surface area contributed by atoms with Gasteiger partial charge in [-0.25, -0.2) is 4.90 Å². The van der Waals surface area contributed by atoms with Gasteiger partial charge in [-0.3, -0.25) is 19.2 Å². The number of methoxy groups -OCH3 is 1. The van der Waals surface area contributed by atoms with Crippen molar-refractivity contribution in [3.05, 3.63) is 119 Å². The maximum Gasteiger partial charge on any atom is 0.316 e. The van der Waals surface area contributed by atoms with Crippen molar-refractivity contribution in [1.82, 2.24) is 0 Å². The maximum absolute atomic E-state index is 14.1. The molecular formula is C36H28N2O6. The SMILES string of the molecule is COc1cccc(N2C[C@H](C(=O)Oc3cccc(N4C(=O)[C@@H]5C6c7ccccc7C(c7ccccc76)[C@H]5C4=O)c3)CC2=O)c1. The summed E-state index contributed by atoms with van der Waals surface area (Å²) < 4.78 is 11.0. The van der Waals surface area contributed by atoms with Gasteiger partial charge < -0.3 is 14.4 Å². The standard InChI is InChI=1S/C36H28N2O6/c1-43-23-10-6-8-21(17-23)37-19-20(16-29(37)39)36(42)44-24-11-7-9-22(18-24)38-34(40)32-30-25-12-2-3-13-26(25)31(33(32)35(38)41)28-15-5-4-14-27(28)30/h2-15,17-18,20,30-33H,16,19H2,1H3/t20-,30?,31?,32-,33-/m1/s1. The first kappa shape index (κ1) is 26.4. The van der Waals surface area contributed by atoms with Gasteiger partial charge in [-0.15, -0.1) is 0 Å².